The number of halogens is 1. The zero-order valence-electron chi connectivity index (χ0n) is 14.9. The second kappa shape index (κ2) is 7.32. The number of fused-ring (bicyclic) bond motifs is 5. The Morgan fingerprint density at radius 3 is 2.33 bits per heavy atom. The minimum Gasteiger partial charge on any atom is -0.324 e. The summed E-state index contributed by atoms with van der Waals surface area (Å²) in [5.74, 6) is -0.285. The van der Waals surface area contributed by atoms with Gasteiger partial charge in [0.05, 0.1) is 11.8 Å². The topological polar surface area (TPSA) is 66.5 Å². The number of hydrogen-bond acceptors (Lipinski definition) is 4. The van der Waals surface area contributed by atoms with Gasteiger partial charge in [-0.15, -0.1) is 0 Å². The summed E-state index contributed by atoms with van der Waals surface area (Å²) in [6.07, 6.45) is 7.39. The van der Waals surface area contributed by atoms with Crippen LogP contribution in [0, 0.1) is 23.7 Å². The van der Waals surface area contributed by atoms with Crippen molar-refractivity contribution < 1.29 is 14.4 Å². The van der Waals surface area contributed by atoms with Gasteiger partial charge in [0.1, 0.15) is 6.04 Å². The number of benzene rings is 1. The fourth-order valence-corrected chi connectivity index (χ4v) is 5.18. The van der Waals surface area contributed by atoms with Crippen molar-refractivity contribution in [1.82, 2.24) is 4.90 Å². The molecule has 7 heteroatoms. The van der Waals surface area contributed by atoms with Crippen LogP contribution in [0.4, 0.5) is 5.69 Å². The smallest absolute Gasteiger partial charge is 0.247 e. The highest BCUT2D eigenvalue weighted by atomic mass is 35.5. The standard InChI is InChI=1S/C20H21ClN2O3S/c1-27-9-8-15(18(24)22-14-6-4-13(21)5-7-14)23-19(25)16-11-2-3-12(10-11)17(16)20(23)26/h2-7,11-12,15-17H,8-10H2,1H3,(H,22,24). The molecule has 4 rings (SSSR count). The van der Waals surface area contributed by atoms with E-state index in [2.05, 4.69) is 17.5 Å². The SMILES string of the molecule is CSCCC(C(=O)Nc1ccc(Cl)cc1)N1C(=O)C2C3C=CC(C3)C2C1=O. The van der Waals surface area contributed by atoms with E-state index in [9.17, 15) is 14.4 Å². The third-order valence-corrected chi connectivity index (χ3v) is 6.72. The molecule has 3 aliphatic rings. The molecule has 0 radical (unpaired) electrons. The molecule has 2 aliphatic carbocycles. The molecule has 142 valence electrons. The van der Waals surface area contributed by atoms with Crippen molar-refractivity contribution in [3.05, 3.63) is 41.4 Å². The number of allylic oxidation sites excluding steroid dienone is 2. The van der Waals surface area contributed by atoms with Crippen LogP contribution in [0.2, 0.25) is 5.02 Å². The van der Waals surface area contributed by atoms with Gasteiger partial charge in [0.15, 0.2) is 0 Å². The number of imide groups is 1. The third kappa shape index (κ3) is 3.19. The number of nitrogens with zero attached hydrogens (tertiary/aromatic N) is 1. The van der Waals surface area contributed by atoms with Crippen LogP contribution in [-0.2, 0) is 14.4 Å². The van der Waals surface area contributed by atoms with Crippen molar-refractivity contribution in [1.29, 1.82) is 0 Å². The number of carbonyl (C=O) groups is 3. The Bertz CT molecular complexity index is 780. The number of likely N-dealkylation sites (tertiary alicyclic amines) is 1. The monoisotopic (exact) mass is 404 g/mol. The molecule has 1 heterocycles. The van der Waals surface area contributed by atoms with Crippen molar-refractivity contribution in [3.8, 4) is 0 Å². The second-order valence-corrected chi connectivity index (χ2v) is 8.76. The molecule has 0 spiro atoms. The van der Waals surface area contributed by atoms with E-state index < -0.39 is 6.04 Å². The van der Waals surface area contributed by atoms with Crippen LogP contribution in [-0.4, -0.2) is 40.7 Å². The van der Waals surface area contributed by atoms with Crippen molar-refractivity contribution in [3.63, 3.8) is 0 Å². The van der Waals surface area contributed by atoms with Gasteiger partial charge in [-0.3, -0.25) is 19.3 Å². The molecule has 5 unspecified atom stereocenters. The first kappa shape index (κ1) is 18.6. The molecule has 1 saturated heterocycles. The van der Waals surface area contributed by atoms with Gasteiger partial charge >= 0.3 is 0 Å². The molecule has 27 heavy (non-hydrogen) atoms. The Kier molecular flexibility index (Phi) is 5.03. The fraction of sp³-hybridized carbons (Fsp3) is 0.450. The first-order valence-corrected chi connectivity index (χ1v) is 10.9. The zero-order valence-corrected chi connectivity index (χ0v) is 16.5. The largest absolute Gasteiger partial charge is 0.324 e. The van der Waals surface area contributed by atoms with E-state index >= 15 is 0 Å². The van der Waals surface area contributed by atoms with Crippen molar-refractivity contribution in [2.45, 2.75) is 18.9 Å². The summed E-state index contributed by atoms with van der Waals surface area (Å²) in [6.45, 7) is 0. The maximum Gasteiger partial charge on any atom is 0.247 e. The van der Waals surface area contributed by atoms with Gasteiger partial charge in [-0.25, -0.2) is 0 Å². The summed E-state index contributed by atoms with van der Waals surface area (Å²) in [5, 5.41) is 3.41. The maximum atomic E-state index is 13.1. The van der Waals surface area contributed by atoms with E-state index in [0.29, 0.717) is 22.9 Å². The predicted molar refractivity (Wildman–Crippen MR) is 106 cm³/mol. The predicted octanol–water partition coefficient (Wildman–Crippen LogP) is 3.21. The lowest BCUT2D eigenvalue weighted by Gasteiger charge is -2.27. The minimum absolute atomic E-state index is 0.141. The molecular weight excluding hydrogens is 384 g/mol. The molecule has 1 aromatic carbocycles. The summed E-state index contributed by atoms with van der Waals surface area (Å²) < 4.78 is 0. The third-order valence-electron chi connectivity index (χ3n) is 5.83. The van der Waals surface area contributed by atoms with Gasteiger partial charge in [0, 0.05) is 10.7 Å². The lowest BCUT2D eigenvalue weighted by Crippen LogP contribution is -2.48. The van der Waals surface area contributed by atoms with E-state index in [-0.39, 0.29) is 41.4 Å². The molecule has 5 atom stereocenters. The summed E-state index contributed by atoms with van der Waals surface area (Å²) in [5.41, 5.74) is 0.597. The van der Waals surface area contributed by atoms with Crippen LogP contribution >= 0.6 is 23.4 Å². The van der Waals surface area contributed by atoms with E-state index in [1.165, 1.54) is 4.90 Å². The lowest BCUT2D eigenvalue weighted by molar-refractivity contribution is -0.147. The highest BCUT2D eigenvalue weighted by molar-refractivity contribution is 7.98. The molecular formula is C20H21ClN2O3S. The van der Waals surface area contributed by atoms with Gasteiger partial charge in [-0.2, -0.15) is 11.8 Å². The van der Waals surface area contributed by atoms with Gasteiger partial charge in [0.25, 0.3) is 0 Å². The lowest BCUT2D eigenvalue weighted by atomic mass is 9.85. The van der Waals surface area contributed by atoms with E-state index in [0.717, 1.165) is 6.42 Å². The minimum atomic E-state index is -0.780. The molecule has 2 fully saturated rings. The molecule has 2 bridgehead atoms. The average molecular weight is 405 g/mol. The van der Waals surface area contributed by atoms with Crippen LogP contribution in [0.5, 0.6) is 0 Å². The highest BCUT2D eigenvalue weighted by Crippen LogP contribution is 2.53. The fourth-order valence-electron chi connectivity index (χ4n) is 4.60. The van der Waals surface area contributed by atoms with E-state index in [1.807, 2.05) is 6.26 Å². The molecule has 1 aromatic rings. The Morgan fingerprint density at radius 1 is 1.19 bits per heavy atom. The molecule has 1 N–H and O–H groups in total. The Balaban J connectivity index is 1.56. The molecule has 3 amide bonds. The van der Waals surface area contributed by atoms with Crippen LogP contribution < -0.4 is 5.32 Å². The first-order chi connectivity index (χ1) is 13.0. The van der Waals surface area contributed by atoms with E-state index in [1.54, 1.807) is 36.0 Å². The average Bonchev–Trinajstić information content (AvgIpc) is 3.33. The van der Waals surface area contributed by atoms with Crippen LogP contribution in [0.25, 0.3) is 0 Å². The summed E-state index contributed by atoms with van der Waals surface area (Å²) in [6, 6.07) is 6.01. The number of nitrogens with one attached hydrogen (secondary N) is 1. The van der Waals surface area contributed by atoms with Crippen LogP contribution in [0.1, 0.15) is 12.8 Å². The molecule has 5 nitrogen and oxygen atoms in total. The van der Waals surface area contributed by atoms with E-state index in [4.69, 9.17) is 11.6 Å². The van der Waals surface area contributed by atoms with Crippen molar-refractivity contribution >= 4 is 46.8 Å². The summed E-state index contributed by atoms with van der Waals surface area (Å²) in [4.78, 5) is 40.3. The molecule has 1 saturated carbocycles. The van der Waals surface area contributed by atoms with Crippen molar-refractivity contribution in [2.24, 2.45) is 23.7 Å². The molecule has 0 aromatic heterocycles. The highest BCUT2D eigenvalue weighted by Gasteiger charge is 2.60. The number of hydrogen-bond donors (Lipinski definition) is 1. The van der Waals surface area contributed by atoms with Gasteiger partial charge in [0.2, 0.25) is 17.7 Å². The summed E-state index contributed by atoms with van der Waals surface area (Å²) >= 11 is 7.48. The maximum absolute atomic E-state index is 13.1. The zero-order chi connectivity index (χ0) is 19.1. The van der Waals surface area contributed by atoms with Crippen molar-refractivity contribution in [2.75, 3.05) is 17.3 Å². The molecule has 1 aliphatic heterocycles. The Hall–Kier alpha value is -1.79. The van der Waals surface area contributed by atoms with Gasteiger partial charge in [-0.05, 0) is 61.0 Å². The van der Waals surface area contributed by atoms with Gasteiger partial charge in [-0.1, -0.05) is 23.8 Å². The number of carbonyl (C=O) groups excluding carboxylic acids is 3. The first-order valence-electron chi connectivity index (χ1n) is 9.12. The number of anilines is 1. The number of thioether (sulfide) groups is 1. The van der Waals surface area contributed by atoms with Gasteiger partial charge < -0.3 is 5.32 Å². The Morgan fingerprint density at radius 2 is 1.78 bits per heavy atom. The number of rotatable bonds is 6. The summed E-state index contributed by atoms with van der Waals surface area (Å²) in [7, 11) is 0. The quantitative estimate of drug-likeness (QED) is 0.584. The second-order valence-electron chi connectivity index (χ2n) is 7.34. The van der Waals surface area contributed by atoms with Crippen LogP contribution in [0.3, 0.4) is 0 Å². The Labute approximate surface area is 167 Å². The number of amides is 3. The van der Waals surface area contributed by atoms with Crippen LogP contribution in [0.15, 0.2) is 36.4 Å². The normalized spacial score (nSPS) is 29.3.